The molecule has 0 atom stereocenters. The molecule has 1 aromatic heterocycles. The molecule has 1 aliphatic rings. The molecule has 2 N–H and O–H groups in total. The SMILES string of the molecule is C=C(CN1CCNCC1)CN(CCC(c1ccccc1)c1ccccc1)C(=O)Nc1cc(C)cs1. The maximum atomic E-state index is 13.4. The van der Waals surface area contributed by atoms with Crippen LogP contribution in [0.15, 0.2) is 84.3 Å². The maximum Gasteiger partial charge on any atom is 0.322 e. The second-order valence-corrected chi connectivity index (χ2v) is 10.2. The molecule has 6 heteroatoms. The number of urea groups is 1. The van der Waals surface area contributed by atoms with Crippen molar-refractivity contribution in [3.05, 3.63) is 101 Å². The van der Waals surface area contributed by atoms with Gasteiger partial charge in [-0.05, 0) is 47.1 Å². The van der Waals surface area contributed by atoms with Crippen LogP contribution in [0.3, 0.4) is 0 Å². The Labute approximate surface area is 213 Å². The summed E-state index contributed by atoms with van der Waals surface area (Å²) in [5, 5.41) is 9.45. The molecule has 184 valence electrons. The van der Waals surface area contributed by atoms with Crippen molar-refractivity contribution in [3.63, 3.8) is 0 Å². The Kier molecular flexibility index (Phi) is 9.12. The predicted molar refractivity (Wildman–Crippen MR) is 147 cm³/mol. The summed E-state index contributed by atoms with van der Waals surface area (Å²) in [5.74, 6) is 0.220. The van der Waals surface area contributed by atoms with Gasteiger partial charge in [0.05, 0.1) is 5.00 Å². The van der Waals surface area contributed by atoms with Gasteiger partial charge in [0.15, 0.2) is 0 Å². The summed E-state index contributed by atoms with van der Waals surface area (Å²) in [6, 6.07) is 23.1. The van der Waals surface area contributed by atoms with Crippen molar-refractivity contribution in [1.29, 1.82) is 0 Å². The van der Waals surface area contributed by atoms with Gasteiger partial charge >= 0.3 is 6.03 Å². The Morgan fingerprint density at radius 3 is 2.29 bits per heavy atom. The van der Waals surface area contributed by atoms with Crippen LogP contribution >= 0.6 is 11.3 Å². The lowest BCUT2D eigenvalue weighted by Gasteiger charge is -2.31. The van der Waals surface area contributed by atoms with E-state index in [0.29, 0.717) is 13.1 Å². The molecule has 5 nitrogen and oxygen atoms in total. The van der Waals surface area contributed by atoms with Crippen LogP contribution in [0.4, 0.5) is 9.80 Å². The van der Waals surface area contributed by atoms with Gasteiger partial charge in [0.25, 0.3) is 0 Å². The summed E-state index contributed by atoms with van der Waals surface area (Å²) < 4.78 is 0. The van der Waals surface area contributed by atoms with E-state index in [0.717, 1.165) is 55.3 Å². The zero-order valence-electron chi connectivity index (χ0n) is 20.6. The number of anilines is 1. The first-order valence-corrected chi connectivity index (χ1v) is 13.3. The van der Waals surface area contributed by atoms with Crippen molar-refractivity contribution in [1.82, 2.24) is 15.1 Å². The van der Waals surface area contributed by atoms with Crippen LogP contribution in [0, 0.1) is 6.92 Å². The van der Waals surface area contributed by atoms with Gasteiger partial charge < -0.3 is 10.2 Å². The molecular formula is C29H36N4OS. The van der Waals surface area contributed by atoms with Crippen LogP contribution in [-0.4, -0.2) is 61.6 Å². The van der Waals surface area contributed by atoms with Gasteiger partial charge in [0, 0.05) is 51.7 Å². The number of hydrogen-bond donors (Lipinski definition) is 2. The van der Waals surface area contributed by atoms with Crippen LogP contribution in [0.5, 0.6) is 0 Å². The van der Waals surface area contributed by atoms with Gasteiger partial charge in [0.2, 0.25) is 0 Å². The van der Waals surface area contributed by atoms with Gasteiger partial charge in [-0.3, -0.25) is 10.2 Å². The molecule has 3 aromatic rings. The molecule has 2 amide bonds. The van der Waals surface area contributed by atoms with Crippen molar-refractivity contribution in [2.45, 2.75) is 19.3 Å². The minimum atomic E-state index is -0.0619. The van der Waals surface area contributed by atoms with Gasteiger partial charge in [-0.2, -0.15) is 0 Å². The summed E-state index contributed by atoms with van der Waals surface area (Å²) >= 11 is 1.56. The quantitative estimate of drug-likeness (QED) is 0.367. The highest BCUT2D eigenvalue weighted by molar-refractivity contribution is 7.14. The Balaban J connectivity index is 1.48. The smallest absolute Gasteiger partial charge is 0.320 e. The van der Waals surface area contributed by atoms with Gasteiger partial charge in [-0.25, -0.2) is 4.79 Å². The van der Waals surface area contributed by atoms with E-state index < -0.39 is 0 Å². The van der Waals surface area contributed by atoms with Crippen LogP contribution in [0.25, 0.3) is 0 Å². The van der Waals surface area contributed by atoms with Crippen molar-refractivity contribution >= 4 is 22.4 Å². The molecule has 0 aliphatic carbocycles. The second-order valence-electron chi connectivity index (χ2n) is 9.28. The third-order valence-electron chi connectivity index (χ3n) is 6.41. The summed E-state index contributed by atoms with van der Waals surface area (Å²) in [6.07, 6.45) is 0.839. The molecular weight excluding hydrogens is 452 g/mol. The third-order valence-corrected chi connectivity index (χ3v) is 7.37. The molecule has 0 spiro atoms. The number of aryl methyl sites for hydroxylation is 1. The Hall–Kier alpha value is -2.93. The highest BCUT2D eigenvalue weighted by atomic mass is 32.1. The lowest BCUT2D eigenvalue weighted by atomic mass is 9.88. The average molecular weight is 489 g/mol. The largest absolute Gasteiger partial charge is 0.322 e. The van der Waals surface area contributed by atoms with Crippen molar-refractivity contribution in [2.24, 2.45) is 0 Å². The van der Waals surface area contributed by atoms with Crippen LogP contribution in [-0.2, 0) is 0 Å². The number of piperazine rings is 1. The average Bonchev–Trinajstić information content (AvgIpc) is 3.29. The fraction of sp³-hybridized carbons (Fsp3) is 0.345. The monoisotopic (exact) mass is 488 g/mol. The number of rotatable bonds is 10. The van der Waals surface area contributed by atoms with Crippen molar-refractivity contribution < 1.29 is 4.79 Å². The second kappa shape index (κ2) is 12.7. The fourth-order valence-corrected chi connectivity index (χ4v) is 5.40. The molecule has 1 saturated heterocycles. The highest BCUT2D eigenvalue weighted by Gasteiger charge is 2.21. The first kappa shape index (κ1) is 25.2. The standard InChI is InChI=1S/C29H36N4OS/c1-23-19-28(35-22-23)31-29(34)33(21-24(2)20-32-17-14-30-15-18-32)16-13-27(25-9-5-3-6-10-25)26-11-7-4-8-12-26/h3-12,19,22,27,30H,2,13-18,20-21H2,1H3,(H,31,34). The van der Waals surface area contributed by atoms with E-state index in [1.807, 2.05) is 17.9 Å². The number of benzene rings is 2. The number of nitrogens with zero attached hydrogens (tertiary/aromatic N) is 2. The molecule has 2 heterocycles. The molecule has 0 unspecified atom stereocenters. The summed E-state index contributed by atoms with van der Waals surface area (Å²) in [5.41, 5.74) is 4.77. The normalized spacial score (nSPS) is 14.1. The summed E-state index contributed by atoms with van der Waals surface area (Å²) in [4.78, 5) is 17.7. The Morgan fingerprint density at radius 2 is 1.71 bits per heavy atom. The first-order chi connectivity index (χ1) is 17.1. The van der Waals surface area contributed by atoms with Gasteiger partial charge in [-0.1, -0.05) is 67.2 Å². The lowest BCUT2D eigenvalue weighted by molar-refractivity contribution is 0.210. The van der Waals surface area contributed by atoms with E-state index in [1.165, 1.54) is 11.1 Å². The first-order valence-electron chi connectivity index (χ1n) is 12.4. The number of carbonyl (C=O) groups excluding carboxylic acids is 1. The minimum Gasteiger partial charge on any atom is -0.320 e. The minimum absolute atomic E-state index is 0.0619. The molecule has 0 saturated carbocycles. The zero-order valence-corrected chi connectivity index (χ0v) is 21.4. The molecule has 2 aromatic carbocycles. The summed E-state index contributed by atoms with van der Waals surface area (Å²) in [7, 11) is 0. The van der Waals surface area contributed by atoms with Crippen molar-refractivity contribution in [3.8, 4) is 0 Å². The van der Waals surface area contributed by atoms with E-state index in [2.05, 4.69) is 88.2 Å². The van der Waals surface area contributed by atoms with Crippen LogP contribution < -0.4 is 10.6 Å². The zero-order chi connectivity index (χ0) is 24.5. The van der Waals surface area contributed by atoms with Crippen LogP contribution in [0.1, 0.15) is 29.0 Å². The van der Waals surface area contributed by atoms with E-state index in [9.17, 15) is 4.79 Å². The van der Waals surface area contributed by atoms with Gasteiger partial charge in [-0.15, -0.1) is 11.3 Å². The lowest BCUT2D eigenvalue weighted by Crippen LogP contribution is -2.45. The number of amides is 2. The molecule has 0 bridgehead atoms. The highest BCUT2D eigenvalue weighted by Crippen LogP contribution is 2.28. The topological polar surface area (TPSA) is 47.6 Å². The molecule has 0 radical (unpaired) electrons. The van der Waals surface area contributed by atoms with E-state index >= 15 is 0 Å². The molecule has 1 fully saturated rings. The van der Waals surface area contributed by atoms with Crippen molar-refractivity contribution in [2.75, 3.05) is 51.1 Å². The number of nitrogens with one attached hydrogen (secondary N) is 2. The number of carbonyl (C=O) groups is 1. The van der Waals surface area contributed by atoms with Gasteiger partial charge in [0.1, 0.15) is 0 Å². The number of thiophene rings is 1. The third kappa shape index (κ3) is 7.52. The predicted octanol–water partition coefficient (Wildman–Crippen LogP) is 5.57. The molecule has 35 heavy (non-hydrogen) atoms. The maximum absolute atomic E-state index is 13.4. The summed E-state index contributed by atoms with van der Waals surface area (Å²) in [6.45, 7) is 12.5. The molecule has 4 rings (SSSR count). The Bertz CT molecular complexity index is 1040. The number of hydrogen-bond acceptors (Lipinski definition) is 4. The van der Waals surface area contributed by atoms with E-state index in [1.54, 1.807) is 11.3 Å². The van der Waals surface area contributed by atoms with Crippen LogP contribution in [0.2, 0.25) is 0 Å². The fourth-order valence-electron chi connectivity index (χ4n) is 4.62. The van der Waals surface area contributed by atoms with E-state index in [4.69, 9.17) is 0 Å². The Morgan fingerprint density at radius 1 is 1.09 bits per heavy atom. The van der Waals surface area contributed by atoms with E-state index in [-0.39, 0.29) is 11.9 Å². The molecule has 1 aliphatic heterocycles.